The summed E-state index contributed by atoms with van der Waals surface area (Å²) in [6, 6.07) is 3.05. The smallest absolute Gasteiger partial charge is 0.407 e. The minimum atomic E-state index is -0.564. The van der Waals surface area contributed by atoms with Crippen molar-refractivity contribution in [2.75, 3.05) is 0 Å². The van der Waals surface area contributed by atoms with Crippen LogP contribution >= 0.6 is 0 Å². The normalized spacial score (nSPS) is 22.6. The largest absolute Gasteiger partial charge is 0.489 e. The number of rotatable bonds is 2. The Kier molecular flexibility index (Phi) is 2.88. The van der Waals surface area contributed by atoms with E-state index in [0.717, 1.165) is 17.7 Å². The molecule has 2 aliphatic rings. The van der Waals surface area contributed by atoms with Gasteiger partial charge in [0.1, 0.15) is 23.3 Å². The minimum Gasteiger partial charge on any atom is -0.489 e. The van der Waals surface area contributed by atoms with E-state index in [0.29, 0.717) is 5.56 Å². The molecule has 0 spiro atoms. The number of hydrogen-bond donors (Lipinski definition) is 1. The quantitative estimate of drug-likeness (QED) is 0.905. The number of carbonyl (C=O) groups is 1. The van der Waals surface area contributed by atoms with Gasteiger partial charge < -0.3 is 14.8 Å². The van der Waals surface area contributed by atoms with E-state index in [2.05, 4.69) is 5.32 Å². The molecule has 108 valence electrons. The van der Waals surface area contributed by atoms with Crippen molar-refractivity contribution in [1.29, 1.82) is 0 Å². The van der Waals surface area contributed by atoms with E-state index in [-0.39, 0.29) is 24.4 Å². The zero-order chi connectivity index (χ0) is 14.5. The van der Waals surface area contributed by atoms with Crippen molar-refractivity contribution in [2.24, 2.45) is 0 Å². The van der Waals surface area contributed by atoms with Crippen molar-refractivity contribution < 1.29 is 18.7 Å². The lowest BCUT2D eigenvalue weighted by molar-refractivity contribution is 0.0523. The fourth-order valence-electron chi connectivity index (χ4n) is 2.55. The molecule has 0 aromatic heterocycles. The third-order valence-electron chi connectivity index (χ3n) is 3.45. The van der Waals surface area contributed by atoms with E-state index in [1.807, 2.05) is 0 Å². The van der Waals surface area contributed by atoms with Gasteiger partial charge in [-0.15, -0.1) is 0 Å². The van der Waals surface area contributed by atoms with Crippen LogP contribution in [0.3, 0.4) is 0 Å². The first-order valence-electron chi connectivity index (χ1n) is 6.80. The lowest BCUT2D eigenvalue weighted by atomic mass is 10.0. The van der Waals surface area contributed by atoms with Crippen LogP contribution in [0.1, 0.15) is 44.2 Å². The fraction of sp³-hybridized carbons (Fsp3) is 0.533. The van der Waals surface area contributed by atoms with Gasteiger partial charge in [0.2, 0.25) is 0 Å². The molecule has 1 fully saturated rings. The molecule has 1 aromatic rings. The van der Waals surface area contributed by atoms with Gasteiger partial charge in [0.05, 0.1) is 0 Å². The van der Waals surface area contributed by atoms with Crippen LogP contribution in [0.5, 0.6) is 5.75 Å². The van der Waals surface area contributed by atoms with Gasteiger partial charge in [0, 0.05) is 23.6 Å². The monoisotopic (exact) mass is 279 g/mol. The Labute approximate surface area is 117 Å². The van der Waals surface area contributed by atoms with E-state index >= 15 is 0 Å². The highest BCUT2D eigenvalue weighted by Gasteiger charge is 2.49. The van der Waals surface area contributed by atoms with Gasteiger partial charge in [-0.3, -0.25) is 0 Å². The molecule has 1 heterocycles. The number of ether oxygens (including phenoxy) is 2. The Morgan fingerprint density at radius 1 is 1.50 bits per heavy atom. The van der Waals surface area contributed by atoms with Crippen LogP contribution < -0.4 is 10.1 Å². The van der Waals surface area contributed by atoms with Gasteiger partial charge in [-0.1, -0.05) is 0 Å². The van der Waals surface area contributed by atoms with Crippen LogP contribution in [-0.2, 0) is 11.3 Å². The number of benzene rings is 1. The number of alkyl carbamates (subject to hydrolysis) is 1. The zero-order valence-electron chi connectivity index (χ0n) is 11.8. The van der Waals surface area contributed by atoms with Crippen LogP contribution in [0.4, 0.5) is 9.18 Å². The molecule has 1 aromatic carbocycles. The second kappa shape index (κ2) is 4.36. The van der Waals surface area contributed by atoms with Gasteiger partial charge in [-0.05, 0) is 39.3 Å². The first-order chi connectivity index (χ1) is 9.35. The summed E-state index contributed by atoms with van der Waals surface area (Å²) < 4.78 is 24.8. The molecular formula is C15H18FNO3. The Hall–Kier alpha value is -1.78. The summed E-state index contributed by atoms with van der Waals surface area (Å²) in [4.78, 5) is 11.6. The van der Waals surface area contributed by atoms with Gasteiger partial charge in [0.25, 0.3) is 0 Å². The number of halogens is 1. The molecular weight excluding hydrogens is 261 g/mol. The second-order valence-electron chi connectivity index (χ2n) is 6.29. The molecule has 4 nitrogen and oxygen atoms in total. The molecule has 0 saturated heterocycles. The van der Waals surface area contributed by atoms with Crippen molar-refractivity contribution in [3.05, 3.63) is 29.1 Å². The molecule has 1 saturated carbocycles. The molecule has 1 N–H and O–H groups in total. The Bertz CT molecular complexity index is 565. The summed E-state index contributed by atoms with van der Waals surface area (Å²) in [5.74, 6) is 0.723. The third-order valence-corrected chi connectivity index (χ3v) is 3.45. The predicted molar refractivity (Wildman–Crippen MR) is 71.2 cm³/mol. The van der Waals surface area contributed by atoms with Crippen molar-refractivity contribution in [2.45, 2.75) is 51.4 Å². The predicted octanol–water partition coefficient (Wildman–Crippen LogP) is 3.10. The van der Waals surface area contributed by atoms with Crippen molar-refractivity contribution in [1.82, 2.24) is 5.32 Å². The Morgan fingerprint density at radius 3 is 2.95 bits per heavy atom. The maximum Gasteiger partial charge on any atom is 0.407 e. The SMILES string of the molecule is CC(C)(C)OC(=O)NCc1c(F)ccc2c1C1CC1O2. The first kappa shape index (κ1) is 13.2. The summed E-state index contributed by atoms with van der Waals surface area (Å²) in [6.45, 7) is 5.48. The highest BCUT2D eigenvalue weighted by molar-refractivity contribution is 5.68. The van der Waals surface area contributed by atoms with E-state index < -0.39 is 11.7 Å². The van der Waals surface area contributed by atoms with Crippen molar-refractivity contribution >= 4 is 6.09 Å². The summed E-state index contributed by atoms with van der Waals surface area (Å²) in [5.41, 5.74) is 0.857. The highest BCUT2D eigenvalue weighted by Crippen LogP contribution is 2.55. The number of amides is 1. The maximum absolute atomic E-state index is 14.0. The Balaban J connectivity index is 1.72. The lowest BCUT2D eigenvalue weighted by Crippen LogP contribution is -2.32. The molecule has 0 bridgehead atoms. The summed E-state index contributed by atoms with van der Waals surface area (Å²) >= 11 is 0. The number of nitrogens with one attached hydrogen (secondary N) is 1. The summed E-state index contributed by atoms with van der Waals surface area (Å²) in [5, 5.41) is 2.61. The first-order valence-corrected chi connectivity index (χ1v) is 6.80. The molecule has 3 rings (SSSR count). The average molecular weight is 279 g/mol. The van der Waals surface area contributed by atoms with Gasteiger partial charge >= 0.3 is 6.09 Å². The number of fused-ring (bicyclic) bond motifs is 3. The van der Waals surface area contributed by atoms with Crippen molar-refractivity contribution in [3.63, 3.8) is 0 Å². The summed E-state index contributed by atoms with van der Waals surface area (Å²) in [7, 11) is 0. The standard InChI is InChI=1S/C15H18FNO3/c1-15(2,3)20-14(18)17-7-9-10(16)4-5-11-13(9)8-6-12(8)19-11/h4-5,8,12H,6-7H2,1-3H3,(H,17,18). The lowest BCUT2D eigenvalue weighted by Gasteiger charge is -2.20. The molecule has 5 heteroatoms. The molecule has 2 atom stereocenters. The van der Waals surface area contributed by atoms with Crippen LogP contribution in [0.15, 0.2) is 12.1 Å². The van der Waals surface area contributed by atoms with E-state index in [1.165, 1.54) is 6.07 Å². The maximum atomic E-state index is 14.0. The van der Waals surface area contributed by atoms with Crippen LogP contribution in [0, 0.1) is 5.82 Å². The van der Waals surface area contributed by atoms with E-state index in [1.54, 1.807) is 26.8 Å². The molecule has 20 heavy (non-hydrogen) atoms. The summed E-state index contributed by atoms with van der Waals surface area (Å²) in [6.07, 6.45) is 0.600. The molecule has 1 aliphatic carbocycles. The molecule has 1 amide bonds. The number of carbonyl (C=O) groups excluding carboxylic acids is 1. The highest BCUT2D eigenvalue weighted by atomic mass is 19.1. The van der Waals surface area contributed by atoms with E-state index in [4.69, 9.17) is 9.47 Å². The zero-order valence-corrected chi connectivity index (χ0v) is 11.8. The molecule has 1 aliphatic heterocycles. The van der Waals surface area contributed by atoms with Gasteiger partial charge in [-0.25, -0.2) is 9.18 Å². The fourth-order valence-corrected chi connectivity index (χ4v) is 2.55. The minimum absolute atomic E-state index is 0.122. The molecule has 0 radical (unpaired) electrons. The Morgan fingerprint density at radius 2 is 2.25 bits per heavy atom. The number of hydrogen-bond acceptors (Lipinski definition) is 3. The topological polar surface area (TPSA) is 47.6 Å². The molecule has 2 unspecified atom stereocenters. The van der Waals surface area contributed by atoms with E-state index in [9.17, 15) is 9.18 Å². The van der Waals surface area contributed by atoms with Gasteiger partial charge in [-0.2, -0.15) is 0 Å². The van der Waals surface area contributed by atoms with Crippen LogP contribution in [0.25, 0.3) is 0 Å². The second-order valence-corrected chi connectivity index (χ2v) is 6.29. The average Bonchev–Trinajstić information content (AvgIpc) is 2.99. The third kappa shape index (κ3) is 2.44. The van der Waals surface area contributed by atoms with Crippen molar-refractivity contribution in [3.8, 4) is 5.75 Å². The van der Waals surface area contributed by atoms with Crippen LogP contribution in [0.2, 0.25) is 0 Å². The van der Waals surface area contributed by atoms with Gasteiger partial charge in [0.15, 0.2) is 0 Å². The van der Waals surface area contributed by atoms with Crippen LogP contribution in [-0.4, -0.2) is 17.8 Å².